The second-order valence-corrected chi connectivity index (χ2v) is 12.5. The molecule has 29 heavy (non-hydrogen) atoms. The number of benzene rings is 1. The number of unbranched alkanes of at least 4 members (excludes halogenated alkanes) is 3. The van der Waals surface area contributed by atoms with Crippen LogP contribution < -0.4 is 0 Å². The summed E-state index contributed by atoms with van der Waals surface area (Å²) >= 11 is 3.94. The number of phenolic OH excluding ortho intramolecular Hbond substituents is 2. The minimum Gasteiger partial charge on any atom is -0.508 e. The zero-order valence-corrected chi connectivity index (χ0v) is 19.6. The van der Waals surface area contributed by atoms with Crippen LogP contribution in [0.4, 0.5) is 0 Å². The van der Waals surface area contributed by atoms with Gasteiger partial charge in [0.05, 0.1) is 10.2 Å². The molecule has 5 heteroatoms. The first-order chi connectivity index (χ1) is 13.9. The standard InChI is InChI=1S/C24H36O3S2/c1-4-5-6-7-8-24(28-9-10-29-24)16-11-18(25)23(19(26)12-16)17-13-20(27)22-14(2)21(17)15(22)3/h11-12,14-15,17,20-22,25-27H,4-10,13H2,1-3H3/t14-,15?,17-,20?,21?,22+/m1/s1. The van der Waals surface area contributed by atoms with Gasteiger partial charge in [0.15, 0.2) is 0 Å². The van der Waals surface area contributed by atoms with Gasteiger partial charge in [0.1, 0.15) is 11.5 Å². The lowest BCUT2D eigenvalue weighted by Gasteiger charge is -2.60. The molecule has 5 rings (SSSR count). The number of aliphatic hydroxyl groups excluding tert-OH is 1. The second kappa shape index (κ2) is 8.55. The zero-order valence-electron chi connectivity index (χ0n) is 17.9. The molecule has 1 aliphatic heterocycles. The number of aromatic hydroxyl groups is 2. The maximum Gasteiger partial charge on any atom is 0.123 e. The summed E-state index contributed by atoms with van der Waals surface area (Å²) in [5.41, 5.74) is 1.73. The van der Waals surface area contributed by atoms with E-state index in [1.807, 2.05) is 35.7 Å². The molecule has 0 amide bonds. The Labute approximate surface area is 184 Å². The first-order valence-corrected chi connectivity index (χ1v) is 13.4. The maximum atomic E-state index is 11.0. The predicted octanol–water partition coefficient (Wildman–Crippen LogP) is 6.07. The fourth-order valence-corrected chi connectivity index (χ4v) is 9.87. The van der Waals surface area contributed by atoms with Gasteiger partial charge >= 0.3 is 0 Å². The van der Waals surface area contributed by atoms with E-state index in [1.165, 1.54) is 25.7 Å². The van der Waals surface area contributed by atoms with E-state index in [9.17, 15) is 15.3 Å². The van der Waals surface area contributed by atoms with Crippen molar-refractivity contribution >= 4 is 23.5 Å². The molecule has 1 aromatic rings. The van der Waals surface area contributed by atoms with Crippen molar-refractivity contribution in [1.29, 1.82) is 0 Å². The lowest BCUT2D eigenvalue weighted by Crippen LogP contribution is -2.57. The monoisotopic (exact) mass is 436 g/mol. The van der Waals surface area contributed by atoms with Crippen molar-refractivity contribution in [3.63, 3.8) is 0 Å². The summed E-state index contributed by atoms with van der Waals surface area (Å²) in [5, 5.41) is 32.7. The number of rotatable bonds is 7. The Morgan fingerprint density at radius 1 is 0.966 bits per heavy atom. The molecule has 3 N–H and O–H groups in total. The molecular formula is C24H36O3S2. The molecule has 4 aliphatic rings. The highest BCUT2D eigenvalue weighted by Crippen LogP contribution is 2.63. The van der Waals surface area contributed by atoms with Crippen LogP contribution in [0.15, 0.2) is 12.1 Å². The molecule has 4 fully saturated rings. The number of hydrogen-bond acceptors (Lipinski definition) is 5. The highest BCUT2D eigenvalue weighted by Gasteiger charge is 2.57. The first kappa shape index (κ1) is 21.7. The van der Waals surface area contributed by atoms with E-state index in [-0.39, 0.29) is 27.6 Å². The Morgan fingerprint density at radius 3 is 2.14 bits per heavy atom. The predicted molar refractivity (Wildman–Crippen MR) is 124 cm³/mol. The molecule has 2 bridgehead atoms. The highest BCUT2D eigenvalue weighted by molar-refractivity contribution is 8.20. The van der Waals surface area contributed by atoms with Crippen LogP contribution in [0.3, 0.4) is 0 Å². The first-order valence-electron chi connectivity index (χ1n) is 11.4. The van der Waals surface area contributed by atoms with Crippen LogP contribution in [-0.4, -0.2) is 32.9 Å². The molecule has 3 aliphatic carbocycles. The van der Waals surface area contributed by atoms with Crippen LogP contribution >= 0.6 is 23.5 Å². The Bertz CT molecular complexity index is 692. The molecule has 0 radical (unpaired) electrons. The molecule has 6 atom stereocenters. The second-order valence-electron chi connectivity index (χ2n) is 9.47. The van der Waals surface area contributed by atoms with E-state index in [2.05, 4.69) is 20.8 Å². The quantitative estimate of drug-likeness (QED) is 0.453. The van der Waals surface area contributed by atoms with Crippen molar-refractivity contribution in [3.8, 4) is 11.5 Å². The normalized spacial score (nSPS) is 35.4. The van der Waals surface area contributed by atoms with Gasteiger partial charge < -0.3 is 15.3 Å². The third kappa shape index (κ3) is 3.70. The fourth-order valence-electron chi connectivity index (χ4n) is 6.56. The fraction of sp³-hybridized carbons (Fsp3) is 0.750. The van der Waals surface area contributed by atoms with Gasteiger partial charge in [0, 0.05) is 17.1 Å². The van der Waals surface area contributed by atoms with Crippen molar-refractivity contribution in [2.24, 2.45) is 23.7 Å². The van der Waals surface area contributed by atoms with Gasteiger partial charge in [-0.2, -0.15) is 0 Å². The third-order valence-electron chi connectivity index (χ3n) is 7.89. The van der Waals surface area contributed by atoms with E-state index in [1.54, 1.807) is 0 Å². The summed E-state index contributed by atoms with van der Waals surface area (Å²) in [7, 11) is 0. The zero-order chi connectivity index (χ0) is 20.8. The van der Waals surface area contributed by atoms with Gasteiger partial charge in [-0.3, -0.25) is 0 Å². The lowest BCUT2D eigenvalue weighted by molar-refractivity contribution is -0.141. The average Bonchev–Trinajstić information content (AvgIpc) is 3.14. The van der Waals surface area contributed by atoms with Crippen LogP contribution in [0, 0.1) is 23.7 Å². The number of hydrogen-bond donors (Lipinski definition) is 3. The molecule has 0 spiro atoms. The molecule has 1 heterocycles. The number of phenols is 2. The summed E-state index contributed by atoms with van der Waals surface area (Å²) in [4.78, 5) is 0. The van der Waals surface area contributed by atoms with Gasteiger partial charge in [0.25, 0.3) is 0 Å². The van der Waals surface area contributed by atoms with Gasteiger partial charge in [-0.05, 0) is 60.1 Å². The Kier molecular flexibility index (Phi) is 6.40. The van der Waals surface area contributed by atoms with Crippen LogP contribution in [0.1, 0.15) is 76.3 Å². The summed E-state index contributed by atoms with van der Waals surface area (Å²) < 4.78 is -0.0462. The van der Waals surface area contributed by atoms with E-state index < -0.39 is 0 Å². The van der Waals surface area contributed by atoms with Crippen LogP contribution in [0.25, 0.3) is 0 Å². The molecule has 1 saturated heterocycles. The van der Waals surface area contributed by atoms with E-state index in [4.69, 9.17) is 0 Å². The smallest absolute Gasteiger partial charge is 0.123 e. The summed E-state index contributed by atoms with van der Waals surface area (Å²) in [6.45, 7) is 6.66. The van der Waals surface area contributed by atoms with Crippen molar-refractivity contribution in [1.82, 2.24) is 0 Å². The van der Waals surface area contributed by atoms with Gasteiger partial charge in [0.2, 0.25) is 0 Å². The summed E-state index contributed by atoms with van der Waals surface area (Å²) in [6.07, 6.45) is 6.33. The molecule has 3 unspecified atom stereocenters. The van der Waals surface area contributed by atoms with Crippen molar-refractivity contribution in [3.05, 3.63) is 23.3 Å². The maximum absolute atomic E-state index is 11.0. The topological polar surface area (TPSA) is 60.7 Å². The minimum atomic E-state index is -0.334. The van der Waals surface area contributed by atoms with E-state index in [0.717, 1.165) is 23.5 Å². The van der Waals surface area contributed by atoms with E-state index >= 15 is 0 Å². The largest absolute Gasteiger partial charge is 0.508 e. The highest BCUT2D eigenvalue weighted by atomic mass is 32.2. The SMILES string of the molecule is CCCCCCC1(c2cc(O)c([C@@H]3CC(O)[C@@H]4C(C)C3[C@H]4C)c(O)c2)SCCS1. The molecule has 162 valence electrons. The minimum absolute atomic E-state index is 0.0402. The number of aliphatic hydroxyl groups is 1. The molecule has 3 nitrogen and oxygen atoms in total. The van der Waals surface area contributed by atoms with Crippen LogP contribution in [0.5, 0.6) is 11.5 Å². The summed E-state index contributed by atoms with van der Waals surface area (Å²) in [5.74, 6) is 4.43. The van der Waals surface area contributed by atoms with Gasteiger partial charge in [-0.15, -0.1) is 23.5 Å². The number of fused-ring (bicyclic) bond motifs is 2. The Balaban J connectivity index is 1.61. The van der Waals surface area contributed by atoms with E-state index in [0.29, 0.717) is 35.7 Å². The Hall–Kier alpha value is -0.520. The Morgan fingerprint density at radius 2 is 1.59 bits per heavy atom. The van der Waals surface area contributed by atoms with Crippen molar-refractivity contribution in [2.45, 2.75) is 75.4 Å². The summed E-state index contributed by atoms with van der Waals surface area (Å²) in [6, 6.07) is 3.85. The molecule has 0 aromatic heterocycles. The van der Waals surface area contributed by atoms with Crippen LogP contribution in [0.2, 0.25) is 0 Å². The van der Waals surface area contributed by atoms with Crippen LogP contribution in [-0.2, 0) is 4.08 Å². The van der Waals surface area contributed by atoms with Gasteiger partial charge in [-0.25, -0.2) is 0 Å². The average molecular weight is 437 g/mol. The van der Waals surface area contributed by atoms with Crippen molar-refractivity contribution < 1.29 is 15.3 Å². The number of thioether (sulfide) groups is 2. The van der Waals surface area contributed by atoms with Gasteiger partial charge in [-0.1, -0.05) is 46.5 Å². The molecular weight excluding hydrogens is 400 g/mol. The third-order valence-corrected chi connectivity index (χ3v) is 11.5. The molecule has 3 saturated carbocycles. The lowest BCUT2D eigenvalue weighted by atomic mass is 9.46. The van der Waals surface area contributed by atoms with Crippen molar-refractivity contribution in [2.75, 3.05) is 11.5 Å². The molecule has 1 aromatic carbocycles.